The van der Waals surface area contributed by atoms with Gasteiger partial charge in [0.2, 0.25) is 0 Å². The van der Waals surface area contributed by atoms with Crippen LogP contribution in [0.4, 0.5) is 0 Å². The summed E-state index contributed by atoms with van der Waals surface area (Å²) >= 11 is 0. The number of hydrogen-bond donors (Lipinski definition) is 1. The van der Waals surface area contributed by atoms with Gasteiger partial charge in [-0.25, -0.2) is 0 Å². The first-order valence-electron chi connectivity index (χ1n) is 9.72. The average Bonchev–Trinajstić information content (AvgIpc) is 3.18. The highest BCUT2D eigenvalue weighted by molar-refractivity contribution is 6.15. The highest BCUT2D eigenvalue weighted by Gasteiger charge is 2.22. The van der Waals surface area contributed by atoms with Crippen LogP contribution in [0.1, 0.15) is 15.9 Å². The van der Waals surface area contributed by atoms with Crippen LogP contribution in [0.5, 0.6) is 5.75 Å². The fraction of sp³-hybridized carbons (Fsp3) is 0. The molecule has 3 nitrogen and oxygen atoms in total. The quantitative estimate of drug-likeness (QED) is 0.347. The predicted octanol–water partition coefficient (Wildman–Crippen LogP) is 6.70. The third-order valence-electron chi connectivity index (χ3n) is 5.19. The Kier molecular flexibility index (Phi) is 4.41. The Morgan fingerprint density at radius 1 is 0.733 bits per heavy atom. The normalized spacial score (nSPS) is 10.9. The summed E-state index contributed by atoms with van der Waals surface area (Å²) in [4.78, 5) is 13.3. The summed E-state index contributed by atoms with van der Waals surface area (Å²) in [5, 5.41) is 10.8. The molecule has 0 spiro atoms. The van der Waals surface area contributed by atoms with Crippen LogP contribution in [0.25, 0.3) is 33.4 Å². The summed E-state index contributed by atoms with van der Waals surface area (Å²) in [6, 6.07) is 31.7. The molecule has 0 saturated heterocycles. The van der Waals surface area contributed by atoms with Gasteiger partial charge in [0.15, 0.2) is 5.78 Å². The van der Waals surface area contributed by atoms with Crippen LogP contribution in [0.2, 0.25) is 0 Å². The lowest BCUT2D eigenvalue weighted by atomic mass is 9.91. The van der Waals surface area contributed by atoms with Crippen molar-refractivity contribution in [1.29, 1.82) is 0 Å². The maximum absolute atomic E-state index is 13.3. The molecule has 0 bridgehead atoms. The predicted molar refractivity (Wildman–Crippen MR) is 119 cm³/mol. The van der Waals surface area contributed by atoms with Gasteiger partial charge in [0.05, 0.1) is 0 Å². The number of rotatable bonds is 4. The molecule has 1 aromatic heterocycles. The van der Waals surface area contributed by atoms with E-state index in [0.717, 1.165) is 22.1 Å². The number of fused-ring (bicyclic) bond motifs is 1. The Morgan fingerprint density at radius 2 is 1.40 bits per heavy atom. The van der Waals surface area contributed by atoms with Crippen molar-refractivity contribution >= 4 is 16.8 Å². The highest BCUT2D eigenvalue weighted by atomic mass is 16.3. The third-order valence-corrected chi connectivity index (χ3v) is 5.19. The number of furan rings is 1. The molecule has 30 heavy (non-hydrogen) atoms. The highest BCUT2D eigenvalue weighted by Crippen LogP contribution is 2.43. The SMILES string of the molecule is O=C(c1ccccc1)c1ccccc1-c1c(-c2ccccc2)oc2cc(O)ccc12. The number of ketones is 1. The van der Waals surface area contributed by atoms with E-state index in [4.69, 9.17) is 4.42 Å². The second kappa shape index (κ2) is 7.37. The number of hydrogen-bond acceptors (Lipinski definition) is 3. The third kappa shape index (κ3) is 3.07. The molecule has 4 aromatic carbocycles. The first-order chi connectivity index (χ1) is 14.7. The lowest BCUT2D eigenvalue weighted by Crippen LogP contribution is -2.03. The van der Waals surface area contributed by atoms with Crippen molar-refractivity contribution < 1.29 is 14.3 Å². The van der Waals surface area contributed by atoms with E-state index in [1.165, 1.54) is 0 Å². The molecule has 0 aliphatic heterocycles. The van der Waals surface area contributed by atoms with Crippen molar-refractivity contribution in [2.75, 3.05) is 0 Å². The van der Waals surface area contributed by atoms with E-state index in [2.05, 4.69) is 0 Å². The molecule has 0 aliphatic carbocycles. The number of phenolic OH excluding ortho intramolecular Hbond substituents is 1. The number of aromatic hydroxyl groups is 1. The Hall–Kier alpha value is -4.11. The molecule has 0 atom stereocenters. The fourth-order valence-corrected chi connectivity index (χ4v) is 3.79. The minimum absolute atomic E-state index is 0.0432. The molecule has 5 rings (SSSR count). The lowest BCUT2D eigenvalue weighted by Gasteiger charge is -2.10. The smallest absolute Gasteiger partial charge is 0.193 e. The topological polar surface area (TPSA) is 50.4 Å². The van der Waals surface area contributed by atoms with Crippen molar-refractivity contribution in [1.82, 2.24) is 0 Å². The summed E-state index contributed by atoms with van der Waals surface area (Å²) < 4.78 is 6.19. The van der Waals surface area contributed by atoms with Crippen molar-refractivity contribution in [3.8, 4) is 28.2 Å². The van der Waals surface area contributed by atoms with Crippen molar-refractivity contribution in [2.24, 2.45) is 0 Å². The lowest BCUT2D eigenvalue weighted by molar-refractivity contribution is 0.103. The van der Waals surface area contributed by atoms with E-state index in [1.807, 2.05) is 91.0 Å². The number of carbonyl (C=O) groups excluding carboxylic acids is 1. The van der Waals surface area contributed by atoms with Gasteiger partial charge in [0, 0.05) is 33.7 Å². The molecule has 0 radical (unpaired) electrons. The van der Waals surface area contributed by atoms with Gasteiger partial charge in [-0.1, -0.05) is 84.9 Å². The van der Waals surface area contributed by atoms with Gasteiger partial charge in [-0.2, -0.15) is 0 Å². The van der Waals surface area contributed by atoms with Crippen LogP contribution >= 0.6 is 0 Å². The second-order valence-corrected chi connectivity index (χ2v) is 7.09. The van der Waals surface area contributed by atoms with Crippen LogP contribution in [0.15, 0.2) is 108 Å². The summed E-state index contributed by atoms with van der Waals surface area (Å²) in [7, 11) is 0. The zero-order valence-electron chi connectivity index (χ0n) is 16.1. The minimum Gasteiger partial charge on any atom is -0.508 e. The average molecular weight is 390 g/mol. The van der Waals surface area contributed by atoms with Crippen molar-refractivity contribution in [2.45, 2.75) is 0 Å². The van der Waals surface area contributed by atoms with Crippen LogP contribution in [-0.2, 0) is 0 Å². The van der Waals surface area contributed by atoms with Crippen LogP contribution in [0, 0.1) is 0 Å². The molecule has 0 amide bonds. The summed E-state index contributed by atoms with van der Waals surface area (Å²) in [6.45, 7) is 0. The number of phenols is 1. The van der Waals surface area contributed by atoms with E-state index in [1.54, 1.807) is 12.1 Å². The summed E-state index contributed by atoms with van der Waals surface area (Å²) in [5.41, 5.74) is 4.37. The largest absolute Gasteiger partial charge is 0.508 e. The molecule has 5 aromatic rings. The van der Waals surface area contributed by atoms with Crippen LogP contribution in [0.3, 0.4) is 0 Å². The zero-order chi connectivity index (χ0) is 20.5. The van der Waals surface area contributed by atoms with Crippen molar-refractivity contribution in [3.05, 3.63) is 114 Å². The maximum Gasteiger partial charge on any atom is 0.193 e. The standard InChI is InChI=1S/C27H18O3/c28-20-15-16-23-24(17-20)30-27(19-11-5-2-6-12-19)25(23)21-13-7-8-14-22(21)26(29)18-9-3-1-4-10-18/h1-17,28H. The molecular weight excluding hydrogens is 372 g/mol. The van der Waals surface area contributed by atoms with E-state index >= 15 is 0 Å². The van der Waals surface area contributed by atoms with Gasteiger partial charge in [-0.15, -0.1) is 0 Å². The van der Waals surface area contributed by atoms with Gasteiger partial charge in [-0.05, 0) is 17.7 Å². The van der Waals surface area contributed by atoms with E-state index < -0.39 is 0 Å². The van der Waals surface area contributed by atoms with E-state index in [-0.39, 0.29) is 11.5 Å². The van der Waals surface area contributed by atoms with Crippen LogP contribution in [-0.4, -0.2) is 10.9 Å². The van der Waals surface area contributed by atoms with Crippen molar-refractivity contribution in [3.63, 3.8) is 0 Å². The molecular formula is C27H18O3. The molecule has 0 saturated carbocycles. The Morgan fingerprint density at radius 3 is 2.17 bits per heavy atom. The van der Waals surface area contributed by atoms with Gasteiger partial charge in [-0.3, -0.25) is 4.79 Å². The molecule has 0 aliphatic rings. The fourth-order valence-electron chi connectivity index (χ4n) is 3.79. The molecule has 1 N–H and O–H groups in total. The van der Waals surface area contributed by atoms with E-state index in [9.17, 15) is 9.90 Å². The molecule has 0 unspecified atom stereocenters. The number of carbonyl (C=O) groups is 1. The first kappa shape index (κ1) is 18.0. The second-order valence-electron chi connectivity index (χ2n) is 7.09. The zero-order valence-corrected chi connectivity index (χ0v) is 16.1. The Labute approximate surface area is 173 Å². The van der Waals surface area contributed by atoms with Gasteiger partial charge in [0.1, 0.15) is 17.1 Å². The monoisotopic (exact) mass is 390 g/mol. The first-order valence-corrected chi connectivity index (χ1v) is 9.72. The summed E-state index contributed by atoms with van der Waals surface area (Å²) in [5.74, 6) is 0.763. The molecule has 3 heteroatoms. The van der Waals surface area contributed by atoms with E-state index in [0.29, 0.717) is 22.5 Å². The van der Waals surface area contributed by atoms with Gasteiger partial charge >= 0.3 is 0 Å². The van der Waals surface area contributed by atoms with Gasteiger partial charge < -0.3 is 9.52 Å². The number of benzene rings is 4. The Bertz CT molecular complexity index is 1350. The van der Waals surface area contributed by atoms with Crippen LogP contribution < -0.4 is 0 Å². The molecule has 0 fully saturated rings. The molecule has 1 heterocycles. The maximum atomic E-state index is 13.3. The minimum atomic E-state index is -0.0432. The Balaban J connectivity index is 1.80. The van der Waals surface area contributed by atoms with Gasteiger partial charge in [0.25, 0.3) is 0 Å². The summed E-state index contributed by atoms with van der Waals surface area (Å²) in [6.07, 6.45) is 0. The molecule has 144 valence electrons.